The molecule has 0 aromatic heterocycles. The van der Waals surface area contributed by atoms with E-state index in [4.69, 9.17) is 4.74 Å². The van der Waals surface area contributed by atoms with Crippen molar-refractivity contribution in [1.29, 1.82) is 0 Å². The normalized spacial score (nSPS) is 26.4. The van der Waals surface area contributed by atoms with Gasteiger partial charge in [0.1, 0.15) is 6.61 Å². The minimum Gasteiger partial charge on any atom is -0.445 e. The summed E-state index contributed by atoms with van der Waals surface area (Å²) >= 11 is 0. The Labute approximate surface area is 103 Å². The van der Waals surface area contributed by atoms with Gasteiger partial charge in [-0.25, -0.2) is 4.79 Å². The van der Waals surface area contributed by atoms with Crippen LogP contribution >= 0.6 is 0 Å². The van der Waals surface area contributed by atoms with Crippen molar-refractivity contribution < 1.29 is 9.53 Å². The van der Waals surface area contributed by atoms with Crippen molar-refractivity contribution in [2.24, 2.45) is 0 Å². The molecule has 0 radical (unpaired) electrons. The highest BCUT2D eigenvalue weighted by molar-refractivity contribution is 5.67. The fraction of sp³-hybridized carbons (Fsp3) is 0.750. The van der Waals surface area contributed by atoms with Crippen LogP contribution in [0.3, 0.4) is 0 Å². The Kier molecular flexibility index (Phi) is 4.02. The largest absolute Gasteiger partial charge is 0.445 e. The molecule has 0 saturated carbocycles. The Hall–Kier alpha value is -1.07. The summed E-state index contributed by atoms with van der Waals surface area (Å²) in [4.78, 5) is 18.3. The number of piperazine rings is 2. The molecular weight excluding hydrogens is 218 g/mol. The first-order valence-corrected chi connectivity index (χ1v) is 6.16. The van der Waals surface area contributed by atoms with E-state index in [0.29, 0.717) is 12.6 Å². The van der Waals surface area contributed by atoms with Gasteiger partial charge >= 0.3 is 6.09 Å². The molecule has 17 heavy (non-hydrogen) atoms. The molecular formula is C12H21N3O2. The lowest BCUT2D eigenvalue weighted by atomic mass is 10.1. The third kappa shape index (κ3) is 2.98. The predicted octanol–water partition coefficient (Wildman–Crippen LogP) is 0.241. The Balaban J connectivity index is 1.87. The molecule has 2 rings (SSSR count). The van der Waals surface area contributed by atoms with Gasteiger partial charge in [-0.3, -0.25) is 4.90 Å². The minimum atomic E-state index is -0.210. The van der Waals surface area contributed by atoms with Crippen LogP contribution in [0.5, 0.6) is 0 Å². The van der Waals surface area contributed by atoms with Crippen LogP contribution in [0.15, 0.2) is 12.7 Å². The van der Waals surface area contributed by atoms with Crippen molar-refractivity contribution in [2.45, 2.75) is 6.04 Å². The number of fused-ring (bicyclic) bond motifs is 1. The fourth-order valence-electron chi connectivity index (χ4n) is 2.50. The topological polar surface area (TPSA) is 36.0 Å². The van der Waals surface area contributed by atoms with Gasteiger partial charge in [0.2, 0.25) is 0 Å². The quantitative estimate of drug-likeness (QED) is 0.647. The number of hydrogen-bond donors (Lipinski definition) is 0. The molecule has 2 aliphatic heterocycles. The van der Waals surface area contributed by atoms with E-state index < -0.39 is 0 Å². The molecule has 1 amide bonds. The molecule has 0 bridgehead atoms. The zero-order valence-corrected chi connectivity index (χ0v) is 10.5. The molecule has 0 aliphatic carbocycles. The molecule has 0 spiro atoms. The highest BCUT2D eigenvalue weighted by Gasteiger charge is 2.33. The van der Waals surface area contributed by atoms with Crippen molar-refractivity contribution in [3.63, 3.8) is 0 Å². The first-order chi connectivity index (χ1) is 8.20. The monoisotopic (exact) mass is 239 g/mol. The van der Waals surface area contributed by atoms with Crippen LogP contribution in [0, 0.1) is 0 Å². The maximum atomic E-state index is 11.7. The Bertz CT molecular complexity index is 295. The van der Waals surface area contributed by atoms with Gasteiger partial charge in [-0.2, -0.15) is 0 Å². The molecule has 0 N–H and O–H groups in total. The SMILES string of the molecule is C=CCOC(=O)N1CCN2CCN(C)C[C@H]2C1. The van der Waals surface area contributed by atoms with E-state index in [9.17, 15) is 4.79 Å². The number of ether oxygens (including phenoxy) is 1. The zero-order chi connectivity index (χ0) is 12.3. The second-order valence-electron chi connectivity index (χ2n) is 4.76. The molecule has 1 atom stereocenters. The smallest absolute Gasteiger partial charge is 0.410 e. The van der Waals surface area contributed by atoms with E-state index in [1.807, 2.05) is 4.90 Å². The number of rotatable bonds is 2. The van der Waals surface area contributed by atoms with Crippen LogP contribution in [0.25, 0.3) is 0 Å². The van der Waals surface area contributed by atoms with Crippen molar-refractivity contribution in [3.05, 3.63) is 12.7 Å². The van der Waals surface area contributed by atoms with Crippen LogP contribution in [0.4, 0.5) is 4.79 Å². The summed E-state index contributed by atoms with van der Waals surface area (Å²) in [6.45, 7) is 9.61. The van der Waals surface area contributed by atoms with Gasteiger partial charge in [0, 0.05) is 45.3 Å². The van der Waals surface area contributed by atoms with Gasteiger partial charge in [0.25, 0.3) is 0 Å². The molecule has 2 fully saturated rings. The van der Waals surface area contributed by atoms with Gasteiger partial charge in [-0.05, 0) is 7.05 Å². The first kappa shape index (κ1) is 12.4. The van der Waals surface area contributed by atoms with Crippen LogP contribution in [0.1, 0.15) is 0 Å². The summed E-state index contributed by atoms with van der Waals surface area (Å²) in [5.74, 6) is 0. The second-order valence-corrected chi connectivity index (χ2v) is 4.76. The summed E-state index contributed by atoms with van der Waals surface area (Å²) in [5.41, 5.74) is 0. The average Bonchev–Trinajstić information content (AvgIpc) is 2.35. The van der Waals surface area contributed by atoms with Crippen LogP contribution < -0.4 is 0 Å². The average molecular weight is 239 g/mol. The summed E-state index contributed by atoms with van der Waals surface area (Å²) in [6, 6.07) is 0.457. The van der Waals surface area contributed by atoms with Crippen LogP contribution in [-0.2, 0) is 4.74 Å². The number of likely N-dealkylation sites (N-methyl/N-ethyl adjacent to an activating group) is 1. The van der Waals surface area contributed by atoms with Crippen molar-refractivity contribution in [1.82, 2.24) is 14.7 Å². The van der Waals surface area contributed by atoms with Crippen LogP contribution in [-0.4, -0.2) is 79.8 Å². The molecule has 2 saturated heterocycles. The molecule has 0 aromatic carbocycles. The van der Waals surface area contributed by atoms with E-state index in [1.54, 1.807) is 6.08 Å². The number of hydrogen-bond acceptors (Lipinski definition) is 4. The molecule has 2 heterocycles. The van der Waals surface area contributed by atoms with Crippen LogP contribution in [0.2, 0.25) is 0 Å². The van der Waals surface area contributed by atoms with Gasteiger partial charge in [0.15, 0.2) is 0 Å². The molecule has 5 nitrogen and oxygen atoms in total. The van der Waals surface area contributed by atoms with E-state index in [0.717, 1.165) is 39.3 Å². The number of nitrogens with zero attached hydrogens (tertiary/aromatic N) is 3. The molecule has 96 valence electrons. The third-order valence-corrected chi connectivity index (χ3v) is 3.48. The second kappa shape index (κ2) is 5.51. The van der Waals surface area contributed by atoms with Gasteiger partial charge in [-0.1, -0.05) is 12.7 Å². The van der Waals surface area contributed by atoms with Gasteiger partial charge in [0.05, 0.1) is 0 Å². The Morgan fingerprint density at radius 1 is 1.35 bits per heavy atom. The van der Waals surface area contributed by atoms with Crippen molar-refractivity contribution in [2.75, 3.05) is 52.9 Å². The van der Waals surface area contributed by atoms with Gasteiger partial charge < -0.3 is 14.5 Å². The number of amides is 1. The Morgan fingerprint density at radius 2 is 2.12 bits per heavy atom. The number of carbonyl (C=O) groups excluding carboxylic acids is 1. The van der Waals surface area contributed by atoms with E-state index in [1.165, 1.54) is 0 Å². The first-order valence-electron chi connectivity index (χ1n) is 6.16. The minimum absolute atomic E-state index is 0.210. The summed E-state index contributed by atoms with van der Waals surface area (Å²) < 4.78 is 5.07. The molecule has 5 heteroatoms. The summed E-state index contributed by atoms with van der Waals surface area (Å²) in [7, 11) is 2.13. The predicted molar refractivity (Wildman–Crippen MR) is 66.0 cm³/mol. The molecule has 0 unspecified atom stereocenters. The zero-order valence-electron chi connectivity index (χ0n) is 10.5. The summed E-state index contributed by atoms with van der Waals surface area (Å²) in [6.07, 6.45) is 1.39. The molecule has 2 aliphatic rings. The van der Waals surface area contributed by atoms with E-state index in [2.05, 4.69) is 23.4 Å². The maximum absolute atomic E-state index is 11.7. The lowest BCUT2D eigenvalue weighted by Crippen LogP contribution is -2.62. The van der Waals surface area contributed by atoms with Gasteiger partial charge in [-0.15, -0.1) is 0 Å². The highest BCUT2D eigenvalue weighted by atomic mass is 16.6. The highest BCUT2D eigenvalue weighted by Crippen LogP contribution is 2.15. The Morgan fingerprint density at radius 3 is 2.88 bits per heavy atom. The summed E-state index contributed by atoms with van der Waals surface area (Å²) in [5, 5.41) is 0. The lowest BCUT2D eigenvalue weighted by Gasteiger charge is -2.46. The van der Waals surface area contributed by atoms with E-state index in [-0.39, 0.29) is 6.09 Å². The van der Waals surface area contributed by atoms with E-state index >= 15 is 0 Å². The maximum Gasteiger partial charge on any atom is 0.410 e. The molecule has 0 aromatic rings. The lowest BCUT2D eigenvalue weighted by molar-refractivity contribution is 0.0171. The van der Waals surface area contributed by atoms with Crippen molar-refractivity contribution >= 4 is 6.09 Å². The van der Waals surface area contributed by atoms with Crippen molar-refractivity contribution in [3.8, 4) is 0 Å². The third-order valence-electron chi connectivity index (χ3n) is 3.48. The fourth-order valence-corrected chi connectivity index (χ4v) is 2.50. The number of carbonyl (C=O) groups is 1. The standard InChI is InChI=1S/C12H21N3O2/c1-3-8-17-12(16)15-7-6-14-5-4-13(2)9-11(14)10-15/h3,11H,1,4-10H2,2H3/t11-/m0/s1.